The Kier molecular flexibility index (Phi) is 6.00. The predicted molar refractivity (Wildman–Crippen MR) is 117 cm³/mol. The second-order valence-corrected chi connectivity index (χ2v) is 8.45. The second kappa shape index (κ2) is 8.82. The van der Waals surface area contributed by atoms with Crippen LogP contribution in [0.1, 0.15) is 44.2 Å². The lowest BCUT2D eigenvalue weighted by molar-refractivity contribution is -0.119. The number of nitrogens with one attached hydrogen (secondary N) is 1. The summed E-state index contributed by atoms with van der Waals surface area (Å²) in [4.78, 5) is 30.5. The lowest BCUT2D eigenvalue weighted by Gasteiger charge is -2.20. The topological polar surface area (TPSA) is 64.0 Å². The Morgan fingerprint density at radius 1 is 1.14 bits per heavy atom. The molecule has 0 saturated heterocycles. The monoisotopic (exact) mass is 407 g/mol. The molecule has 1 heterocycles. The third kappa shape index (κ3) is 4.37. The minimum atomic E-state index is -0.179. The number of hydrogen-bond acceptors (Lipinski definition) is 4. The zero-order valence-electron chi connectivity index (χ0n) is 16.5. The van der Waals surface area contributed by atoms with E-state index in [0.717, 1.165) is 18.4 Å². The minimum absolute atomic E-state index is 0.00298. The Morgan fingerprint density at radius 2 is 1.83 bits per heavy atom. The normalized spacial score (nSPS) is 15.5. The molecule has 0 spiro atoms. The predicted octanol–water partition coefficient (Wildman–Crippen LogP) is 4.16. The van der Waals surface area contributed by atoms with Gasteiger partial charge in [0.25, 0.3) is 5.56 Å². The largest absolute Gasteiger partial charge is 0.353 e. The van der Waals surface area contributed by atoms with Crippen LogP contribution < -0.4 is 10.9 Å². The van der Waals surface area contributed by atoms with Gasteiger partial charge in [-0.2, -0.15) is 0 Å². The molecule has 1 unspecified atom stereocenters. The van der Waals surface area contributed by atoms with E-state index in [0.29, 0.717) is 16.1 Å². The van der Waals surface area contributed by atoms with Crippen LogP contribution in [0.5, 0.6) is 0 Å². The second-order valence-electron chi connectivity index (χ2n) is 7.51. The fourth-order valence-corrected chi connectivity index (χ4v) is 4.81. The fourth-order valence-electron chi connectivity index (χ4n) is 3.92. The summed E-state index contributed by atoms with van der Waals surface area (Å²) >= 11 is 1.33. The Labute approximate surface area is 174 Å². The van der Waals surface area contributed by atoms with Crippen molar-refractivity contribution < 1.29 is 4.79 Å². The molecular weight excluding hydrogens is 382 g/mol. The van der Waals surface area contributed by atoms with Crippen LogP contribution in [-0.2, 0) is 4.79 Å². The summed E-state index contributed by atoms with van der Waals surface area (Å²) in [5, 5.41) is 4.27. The molecule has 1 aliphatic rings. The van der Waals surface area contributed by atoms with E-state index in [-0.39, 0.29) is 29.3 Å². The van der Waals surface area contributed by atoms with Gasteiger partial charge < -0.3 is 5.32 Å². The molecule has 4 rings (SSSR count). The van der Waals surface area contributed by atoms with Crippen molar-refractivity contribution in [3.63, 3.8) is 0 Å². The SMILES string of the molecule is CC(c1ccccc1)n1c(SCC(=O)NC2CCCC2)nc2ccccc2c1=O. The summed E-state index contributed by atoms with van der Waals surface area (Å²) in [5.74, 6) is 0.256. The van der Waals surface area contributed by atoms with Gasteiger partial charge in [-0.05, 0) is 37.5 Å². The van der Waals surface area contributed by atoms with Crippen molar-refractivity contribution in [3.8, 4) is 0 Å². The highest BCUT2D eigenvalue weighted by atomic mass is 32.2. The Morgan fingerprint density at radius 3 is 2.59 bits per heavy atom. The van der Waals surface area contributed by atoms with E-state index in [4.69, 9.17) is 4.98 Å². The average molecular weight is 408 g/mol. The van der Waals surface area contributed by atoms with Crippen molar-refractivity contribution in [1.82, 2.24) is 14.9 Å². The van der Waals surface area contributed by atoms with E-state index in [1.807, 2.05) is 55.5 Å². The van der Waals surface area contributed by atoms with Crippen LogP contribution in [0.3, 0.4) is 0 Å². The highest BCUT2D eigenvalue weighted by molar-refractivity contribution is 7.99. The standard InChI is InChI=1S/C23H25N3O2S/c1-16(17-9-3-2-4-10-17)26-22(28)19-13-7-8-14-20(19)25-23(26)29-15-21(27)24-18-11-5-6-12-18/h2-4,7-10,13-14,16,18H,5-6,11-12,15H2,1H3,(H,24,27). The summed E-state index contributed by atoms with van der Waals surface area (Å²) in [5.41, 5.74) is 1.61. The molecule has 150 valence electrons. The van der Waals surface area contributed by atoms with Gasteiger partial charge in [0, 0.05) is 6.04 Å². The number of hydrogen-bond donors (Lipinski definition) is 1. The zero-order chi connectivity index (χ0) is 20.2. The quantitative estimate of drug-likeness (QED) is 0.492. The van der Waals surface area contributed by atoms with Crippen molar-refractivity contribution in [2.45, 2.75) is 49.8 Å². The molecular formula is C23H25N3O2S. The number of carbonyl (C=O) groups excluding carboxylic acids is 1. The average Bonchev–Trinajstić information content (AvgIpc) is 3.25. The van der Waals surface area contributed by atoms with Crippen molar-refractivity contribution in [2.75, 3.05) is 5.75 Å². The Bertz CT molecular complexity index is 1060. The molecule has 3 aromatic rings. The number of thioether (sulfide) groups is 1. The molecule has 1 amide bonds. The molecule has 6 heteroatoms. The number of para-hydroxylation sites is 1. The maximum absolute atomic E-state index is 13.3. The van der Waals surface area contributed by atoms with E-state index in [9.17, 15) is 9.59 Å². The number of nitrogens with zero attached hydrogens (tertiary/aromatic N) is 2. The molecule has 0 aliphatic heterocycles. The Balaban J connectivity index is 1.65. The van der Waals surface area contributed by atoms with Gasteiger partial charge in [-0.1, -0.05) is 67.1 Å². The van der Waals surface area contributed by atoms with Gasteiger partial charge in [0.1, 0.15) is 0 Å². The van der Waals surface area contributed by atoms with Gasteiger partial charge in [0.05, 0.1) is 22.7 Å². The highest BCUT2D eigenvalue weighted by Crippen LogP contribution is 2.25. The van der Waals surface area contributed by atoms with Crippen LogP contribution in [-0.4, -0.2) is 27.3 Å². The zero-order valence-corrected chi connectivity index (χ0v) is 17.3. The van der Waals surface area contributed by atoms with Crippen LogP contribution >= 0.6 is 11.8 Å². The number of amides is 1. The first-order chi connectivity index (χ1) is 14.1. The van der Waals surface area contributed by atoms with E-state index in [2.05, 4.69) is 5.32 Å². The van der Waals surface area contributed by atoms with Crippen LogP contribution in [0.2, 0.25) is 0 Å². The van der Waals surface area contributed by atoms with Crippen molar-refractivity contribution in [1.29, 1.82) is 0 Å². The lowest BCUT2D eigenvalue weighted by Crippen LogP contribution is -2.34. The van der Waals surface area contributed by atoms with Crippen molar-refractivity contribution in [3.05, 3.63) is 70.5 Å². The molecule has 5 nitrogen and oxygen atoms in total. The first-order valence-electron chi connectivity index (χ1n) is 10.1. The van der Waals surface area contributed by atoms with Gasteiger partial charge in [-0.15, -0.1) is 0 Å². The smallest absolute Gasteiger partial charge is 0.262 e. The first kappa shape index (κ1) is 19.7. The lowest BCUT2D eigenvalue weighted by atomic mass is 10.1. The summed E-state index contributed by atoms with van der Waals surface area (Å²) in [6.45, 7) is 2.00. The first-order valence-corrected chi connectivity index (χ1v) is 11.1. The summed E-state index contributed by atoms with van der Waals surface area (Å²) in [6.07, 6.45) is 4.47. The van der Waals surface area contributed by atoms with Crippen molar-refractivity contribution in [2.24, 2.45) is 0 Å². The molecule has 1 N–H and O–H groups in total. The molecule has 2 aromatic carbocycles. The number of benzene rings is 2. The molecule has 1 aromatic heterocycles. The molecule has 1 atom stereocenters. The van der Waals surface area contributed by atoms with Crippen LogP contribution in [0.25, 0.3) is 10.9 Å². The van der Waals surface area contributed by atoms with Crippen molar-refractivity contribution >= 4 is 28.6 Å². The van der Waals surface area contributed by atoms with Crippen LogP contribution in [0, 0.1) is 0 Å². The third-order valence-electron chi connectivity index (χ3n) is 5.50. The van der Waals surface area contributed by atoms with Crippen LogP contribution in [0.15, 0.2) is 64.5 Å². The Hall–Kier alpha value is -2.60. The highest BCUT2D eigenvalue weighted by Gasteiger charge is 2.20. The van der Waals surface area contributed by atoms with Gasteiger partial charge in [0.15, 0.2) is 5.16 Å². The van der Waals surface area contributed by atoms with E-state index in [1.54, 1.807) is 10.6 Å². The fraction of sp³-hybridized carbons (Fsp3) is 0.348. The molecule has 1 aliphatic carbocycles. The summed E-state index contributed by atoms with van der Waals surface area (Å²) < 4.78 is 1.71. The maximum atomic E-state index is 13.3. The van der Waals surface area contributed by atoms with Gasteiger partial charge in [-0.25, -0.2) is 4.98 Å². The molecule has 0 bridgehead atoms. The van der Waals surface area contributed by atoms with Gasteiger partial charge in [-0.3, -0.25) is 14.2 Å². The number of aromatic nitrogens is 2. The van der Waals surface area contributed by atoms with Gasteiger partial charge in [0.2, 0.25) is 5.91 Å². The molecule has 1 fully saturated rings. The van der Waals surface area contributed by atoms with Gasteiger partial charge >= 0.3 is 0 Å². The number of fused-ring (bicyclic) bond motifs is 1. The number of carbonyl (C=O) groups is 1. The van der Waals surface area contributed by atoms with E-state index in [1.165, 1.54) is 24.6 Å². The van der Waals surface area contributed by atoms with Crippen LogP contribution in [0.4, 0.5) is 0 Å². The summed E-state index contributed by atoms with van der Waals surface area (Å²) in [7, 11) is 0. The number of rotatable bonds is 6. The molecule has 1 saturated carbocycles. The summed E-state index contributed by atoms with van der Waals surface area (Å²) in [6, 6.07) is 17.4. The maximum Gasteiger partial charge on any atom is 0.262 e. The minimum Gasteiger partial charge on any atom is -0.353 e. The van der Waals surface area contributed by atoms with E-state index >= 15 is 0 Å². The molecule has 0 radical (unpaired) electrons. The third-order valence-corrected chi connectivity index (χ3v) is 6.45. The van der Waals surface area contributed by atoms with E-state index < -0.39 is 0 Å². The molecule has 29 heavy (non-hydrogen) atoms.